The summed E-state index contributed by atoms with van der Waals surface area (Å²) < 4.78 is 64.5. The molecule has 202 valence electrons. The van der Waals surface area contributed by atoms with E-state index in [1.165, 1.54) is 18.2 Å². The van der Waals surface area contributed by atoms with Crippen molar-refractivity contribution in [1.82, 2.24) is 9.62 Å². The molecule has 0 spiro atoms. The fourth-order valence-corrected chi connectivity index (χ4v) is 5.37. The van der Waals surface area contributed by atoms with E-state index in [2.05, 4.69) is 4.90 Å². The summed E-state index contributed by atoms with van der Waals surface area (Å²) in [4.78, 5) is 14.5. The molecular weight excluding hydrogens is 526 g/mol. The summed E-state index contributed by atoms with van der Waals surface area (Å²) in [5.41, 5.74) is 1.32. The van der Waals surface area contributed by atoms with Gasteiger partial charge in [-0.15, -0.1) is 0 Å². The normalized spacial score (nSPS) is 18.0. The number of likely N-dealkylation sites (tertiary alicyclic amines) is 1. The van der Waals surface area contributed by atoms with Crippen LogP contribution >= 0.6 is 11.6 Å². The minimum absolute atomic E-state index is 0.0499. The van der Waals surface area contributed by atoms with Gasteiger partial charge < -0.3 is 9.47 Å². The van der Waals surface area contributed by atoms with Crippen LogP contribution in [0.1, 0.15) is 59.1 Å². The first kappa shape index (κ1) is 27.8. The molecule has 1 aliphatic heterocycles. The maximum absolute atomic E-state index is 14.7. The van der Waals surface area contributed by atoms with Crippen molar-refractivity contribution < 1.29 is 31.5 Å². The van der Waals surface area contributed by atoms with E-state index in [0.717, 1.165) is 56.2 Å². The molecule has 0 unspecified atom stereocenters. The molecule has 1 saturated heterocycles. The average Bonchev–Trinajstić information content (AvgIpc) is 3.68. The van der Waals surface area contributed by atoms with Crippen molar-refractivity contribution in [3.05, 3.63) is 63.7 Å². The lowest BCUT2D eigenvalue weighted by Gasteiger charge is -2.37. The SMILES string of the molecule is COC[C@@H](c1ccc(F)c(Cl)c1)N1CCC(COc2cc(F)c(C(=O)NS(C)(=O)=O)cc2C2CC2)CC1. The highest BCUT2D eigenvalue weighted by atomic mass is 35.5. The van der Waals surface area contributed by atoms with Gasteiger partial charge in [-0.1, -0.05) is 17.7 Å². The van der Waals surface area contributed by atoms with Gasteiger partial charge in [0.2, 0.25) is 10.0 Å². The zero-order chi connectivity index (χ0) is 26.7. The number of benzene rings is 2. The molecule has 11 heteroatoms. The zero-order valence-electron chi connectivity index (χ0n) is 20.8. The van der Waals surface area contributed by atoms with Crippen LogP contribution in [0.15, 0.2) is 30.3 Å². The Hall–Kier alpha value is -2.27. The summed E-state index contributed by atoms with van der Waals surface area (Å²) in [6.45, 7) is 2.42. The van der Waals surface area contributed by atoms with Gasteiger partial charge >= 0.3 is 0 Å². The van der Waals surface area contributed by atoms with Crippen molar-refractivity contribution in [2.45, 2.75) is 37.6 Å². The van der Waals surface area contributed by atoms with Gasteiger partial charge in [0.1, 0.15) is 17.4 Å². The first-order valence-electron chi connectivity index (χ1n) is 12.2. The molecule has 1 atom stereocenters. The smallest absolute Gasteiger partial charge is 0.267 e. The summed E-state index contributed by atoms with van der Waals surface area (Å²) in [7, 11) is -2.18. The number of halogens is 3. The Kier molecular flexibility index (Phi) is 8.73. The molecule has 2 aromatic carbocycles. The number of methoxy groups -OCH3 is 1. The standard InChI is InChI=1S/C26H31ClF2N2O5S/c1-35-15-24(18-5-6-22(28)21(27)11-18)31-9-7-16(8-10-31)14-36-25-13-23(29)20(12-19(25)17-3-4-17)26(32)30-37(2,33)34/h5-6,11-13,16-17,24H,3-4,7-10,14-15H2,1-2H3,(H,30,32)/t24-/m0/s1. The Morgan fingerprint density at radius 2 is 1.84 bits per heavy atom. The molecule has 1 saturated carbocycles. The van der Waals surface area contributed by atoms with Crippen LogP contribution < -0.4 is 9.46 Å². The van der Waals surface area contributed by atoms with E-state index in [1.54, 1.807) is 19.2 Å². The van der Waals surface area contributed by atoms with Gasteiger partial charge in [-0.05, 0) is 79.9 Å². The van der Waals surface area contributed by atoms with Gasteiger partial charge in [0.05, 0.1) is 36.1 Å². The molecule has 1 amide bonds. The van der Waals surface area contributed by atoms with Crippen molar-refractivity contribution in [2.75, 3.05) is 39.7 Å². The number of hydrogen-bond donors (Lipinski definition) is 1. The molecular formula is C26H31ClF2N2O5S. The third kappa shape index (κ3) is 7.19. The molecule has 1 aliphatic carbocycles. The number of rotatable bonds is 10. The fraction of sp³-hybridized carbons (Fsp3) is 0.500. The lowest BCUT2D eigenvalue weighted by Crippen LogP contribution is -2.39. The van der Waals surface area contributed by atoms with Gasteiger partial charge in [-0.3, -0.25) is 9.69 Å². The number of hydrogen-bond acceptors (Lipinski definition) is 6. The lowest BCUT2D eigenvalue weighted by molar-refractivity contribution is 0.0556. The van der Waals surface area contributed by atoms with E-state index >= 15 is 0 Å². The fourth-order valence-electron chi connectivity index (χ4n) is 4.74. The largest absolute Gasteiger partial charge is 0.493 e. The van der Waals surface area contributed by atoms with Crippen molar-refractivity contribution in [1.29, 1.82) is 0 Å². The van der Waals surface area contributed by atoms with Crippen LogP contribution in [0.4, 0.5) is 8.78 Å². The highest BCUT2D eigenvalue weighted by molar-refractivity contribution is 7.89. The van der Waals surface area contributed by atoms with Crippen LogP contribution in [0.3, 0.4) is 0 Å². The quantitative estimate of drug-likeness (QED) is 0.458. The van der Waals surface area contributed by atoms with Crippen LogP contribution in [-0.2, 0) is 14.8 Å². The van der Waals surface area contributed by atoms with E-state index in [4.69, 9.17) is 21.1 Å². The predicted molar refractivity (Wildman–Crippen MR) is 137 cm³/mol. The molecule has 4 rings (SSSR count). The molecule has 37 heavy (non-hydrogen) atoms. The molecule has 1 heterocycles. The lowest BCUT2D eigenvalue weighted by atomic mass is 9.95. The summed E-state index contributed by atoms with van der Waals surface area (Å²) in [5, 5.41) is 0.0837. The number of carbonyl (C=O) groups is 1. The molecule has 0 radical (unpaired) electrons. The molecule has 2 aromatic rings. The minimum atomic E-state index is -3.81. The number of sulfonamides is 1. The second-order valence-corrected chi connectivity index (χ2v) is 11.9. The minimum Gasteiger partial charge on any atom is -0.493 e. The van der Waals surface area contributed by atoms with Crippen molar-refractivity contribution in [2.24, 2.45) is 5.92 Å². The Balaban J connectivity index is 1.39. The summed E-state index contributed by atoms with van der Waals surface area (Å²) in [6, 6.07) is 7.29. The highest BCUT2D eigenvalue weighted by Crippen LogP contribution is 2.45. The number of carbonyl (C=O) groups excluding carboxylic acids is 1. The van der Waals surface area contributed by atoms with Gasteiger partial charge in [0.15, 0.2) is 0 Å². The number of nitrogens with one attached hydrogen (secondary N) is 1. The zero-order valence-corrected chi connectivity index (χ0v) is 22.4. The highest BCUT2D eigenvalue weighted by Gasteiger charge is 2.31. The van der Waals surface area contributed by atoms with Crippen LogP contribution in [0.25, 0.3) is 0 Å². The predicted octanol–water partition coefficient (Wildman–Crippen LogP) is 4.66. The monoisotopic (exact) mass is 556 g/mol. The second-order valence-electron chi connectivity index (χ2n) is 9.78. The van der Waals surface area contributed by atoms with Gasteiger partial charge in [0.25, 0.3) is 5.91 Å². The molecule has 0 aromatic heterocycles. The van der Waals surface area contributed by atoms with E-state index < -0.39 is 27.6 Å². The van der Waals surface area contributed by atoms with Crippen molar-refractivity contribution in [3.63, 3.8) is 0 Å². The van der Waals surface area contributed by atoms with Crippen molar-refractivity contribution in [3.8, 4) is 5.75 Å². The van der Waals surface area contributed by atoms with E-state index in [9.17, 15) is 22.0 Å². The first-order valence-corrected chi connectivity index (χ1v) is 14.5. The molecule has 1 N–H and O–H groups in total. The Labute approximate surface area is 221 Å². The van der Waals surface area contributed by atoms with Crippen LogP contribution in [-0.4, -0.2) is 58.9 Å². The molecule has 7 nitrogen and oxygen atoms in total. The Morgan fingerprint density at radius 1 is 1.14 bits per heavy atom. The number of ether oxygens (including phenoxy) is 2. The van der Waals surface area contributed by atoms with Gasteiger partial charge in [0, 0.05) is 13.2 Å². The molecule has 2 aliphatic rings. The van der Waals surface area contributed by atoms with E-state index in [-0.39, 0.29) is 28.5 Å². The van der Waals surface area contributed by atoms with Gasteiger partial charge in [-0.2, -0.15) is 0 Å². The Bertz CT molecular complexity index is 1250. The van der Waals surface area contributed by atoms with E-state index in [1.807, 2.05) is 4.72 Å². The molecule has 0 bridgehead atoms. The maximum Gasteiger partial charge on any atom is 0.267 e. The van der Waals surface area contributed by atoms with Crippen LogP contribution in [0.2, 0.25) is 5.02 Å². The average molecular weight is 557 g/mol. The Morgan fingerprint density at radius 3 is 2.43 bits per heavy atom. The van der Waals surface area contributed by atoms with E-state index in [0.29, 0.717) is 19.0 Å². The van der Waals surface area contributed by atoms with Crippen LogP contribution in [0, 0.1) is 17.6 Å². The van der Waals surface area contributed by atoms with Crippen molar-refractivity contribution >= 4 is 27.5 Å². The third-order valence-corrected chi connectivity index (χ3v) is 7.70. The topological polar surface area (TPSA) is 84.9 Å². The first-order chi connectivity index (χ1) is 17.6. The summed E-state index contributed by atoms with van der Waals surface area (Å²) >= 11 is 6.00. The second kappa shape index (κ2) is 11.6. The van der Waals surface area contributed by atoms with Gasteiger partial charge in [-0.25, -0.2) is 21.9 Å². The molecule has 2 fully saturated rings. The summed E-state index contributed by atoms with van der Waals surface area (Å²) in [6.07, 6.45) is 4.36. The number of nitrogens with zero attached hydrogens (tertiary/aromatic N) is 1. The summed E-state index contributed by atoms with van der Waals surface area (Å²) in [5.74, 6) is -1.45. The number of amides is 1. The maximum atomic E-state index is 14.7. The van der Waals surface area contributed by atoms with Crippen LogP contribution in [0.5, 0.6) is 5.75 Å². The third-order valence-electron chi connectivity index (χ3n) is 6.86. The number of piperidine rings is 1.